The van der Waals surface area contributed by atoms with Crippen molar-refractivity contribution in [1.29, 1.82) is 0 Å². The highest BCUT2D eigenvalue weighted by atomic mass is 16.6. The zero-order chi connectivity index (χ0) is 16.3. The lowest BCUT2D eigenvalue weighted by Gasteiger charge is -2.09. The van der Waals surface area contributed by atoms with Gasteiger partial charge in [0, 0.05) is 29.6 Å². The Morgan fingerprint density at radius 1 is 1.27 bits per heavy atom. The highest BCUT2D eigenvalue weighted by molar-refractivity contribution is 6.08. The lowest BCUT2D eigenvalue weighted by atomic mass is 10.1. The van der Waals surface area contributed by atoms with Gasteiger partial charge in [0.05, 0.1) is 16.2 Å². The average molecular weight is 299 g/mol. The number of aromatic nitrogens is 1. The van der Waals surface area contributed by atoms with Crippen molar-refractivity contribution < 1.29 is 14.5 Å². The number of pyridine rings is 1. The zero-order valence-corrected chi connectivity index (χ0v) is 12.0. The van der Waals surface area contributed by atoms with Gasteiger partial charge in [0.2, 0.25) is 0 Å². The summed E-state index contributed by atoms with van der Waals surface area (Å²) in [6.45, 7) is 2.94. The molecule has 0 unspecified atom stereocenters. The molecular weight excluding hydrogens is 286 g/mol. The van der Waals surface area contributed by atoms with Crippen LogP contribution in [0.3, 0.4) is 0 Å². The Hall–Kier alpha value is -3.09. The minimum absolute atomic E-state index is 0.0510. The molecule has 0 fully saturated rings. The summed E-state index contributed by atoms with van der Waals surface area (Å²) >= 11 is 0. The molecule has 0 aliphatic rings. The maximum Gasteiger partial charge on any atom is 0.272 e. The molecule has 0 radical (unpaired) electrons. The highest BCUT2D eigenvalue weighted by Gasteiger charge is 2.15. The maximum atomic E-state index is 12.2. The molecule has 0 spiro atoms. The van der Waals surface area contributed by atoms with E-state index in [0.29, 0.717) is 16.8 Å². The second-order valence-electron chi connectivity index (χ2n) is 4.69. The number of nitrogens with one attached hydrogen (secondary N) is 1. The zero-order valence-electron chi connectivity index (χ0n) is 12.0. The molecule has 1 aromatic heterocycles. The Labute approximate surface area is 126 Å². The molecule has 7 nitrogen and oxygen atoms in total. The van der Waals surface area contributed by atoms with E-state index in [9.17, 15) is 19.7 Å². The van der Waals surface area contributed by atoms with Crippen molar-refractivity contribution in [2.75, 3.05) is 5.32 Å². The number of carbonyl (C=O) groups is 2. The predicted molar refractivity (Wildman–Crippen MR) is 80.0 cm³/mol. The summed E-state index contributed by atoms with van der Waals surface area (Å²) in [5.41, 5.74) is 1.26. The van der Waals surface area contributed by atoms with Crippen LogP contribution in [0.2, 0.25) is 0 Å². The maximum absolute atomic E-state index is 12.2. The lowest BCUT2D eigenvalue weighted by molar-refractivity contribution is -0.385. The van der Waals surface area contributed by atoms with Crippen LogP contribution in [-0.2, 0) is 0 Å². The Kier molecular flexibility index (Phi) is 4.26. The van der Waals surface area contributed by atoms with E-state index in [-0.39, 0.29) is 17.0 Å². The molecule has 22 heavy (non-hydrogen) atoms. The van der Waals surface area contributed by atoms with Gasteiger partial charge in [-0.2, -0.15) is 0 Å². The van der Waals surface area contributed by atoms with Gasteiger partial charge in [0.25, 0.3) is 11.6 Å². The van der Waals surface area contributed by atoms with E-state index in [1.807, 2.05) is 0 Å². The van der Waals surface area contributed by atoms with Crippen molar-refractivity contribution >= 4 is 23.1 Å². The van der Waals surface area contributed by atoms with Gasteiger partial charge in [-0.15, -0.1) is 0 Å². The van der Waals surface area contributed by atoms with Gasteiger partial charge < -0.3 is 5.32 Å². The summed E-state index contributed by atoms with van der Waals surface area (Å²) in [6, 6.07) is 5.60. The molecule has 7 heteroatoms. The third-order valence-corrected chi connectivity index (χ3v) is 3.10. The number of hydrogen-bond acceptors (Lipinski definition) is 5. The summed E-state index contributed by atoms with van der Waals surface area (Å²) in [5.74, 6) is -0.671. The molecule has 1 N–H and O–H groups in total. The third-order valence-electron chi connectivity index (χ3n) is 3.10. The van der Waals surface area contributed by atoms with Crippen LogP contribution in [0, 0.1) is 17.0 Å². The number of nitrogens with zero attached hydrogens (tertiary/aromatic N) is 2. The van der Waals surface area contributed by atoms with E-state index < -0.39 is 10.8 Å². The number of Topliss-reactive ketones (excluding diaryl/α,β-unsaturated/α-hetero) is 1. The molecule has 0 bridgehead atoms. The van der Waals surface area contributed by atoms with Gasteiger partial charge >= 0.3 is 0 Å². The standard InChI is InChI=1S/C15H13N3O4/c1-9-7-11(3-4-14(9)18(21)22)15(20)17-13-5-6-16-8-12(13)10(2)19/h3-8H,1-2H3,(H,16,17,20). The largest absolute Gasteiger partial charge is 0.321 e. The quantitative estimate of drug-likeness (QED) is 0.531. The Morgan fingerprint density at radius 2 is 2.00 bits per heavy atom. The van der Waals surface area contributed by atoms with Crippen LogP contribution < -0.4 is 5.32 Å². The second kappa shape index (κ2) is 6.13. The van der Waals surface area contributed by atoms with Gasteiger partial charge in [0.15, 0.2) is 5.78 Å². The van der Waals surface area contributed by atoms with Crippen LogP contribution >= 0.6 is 0 Å². The first-order valence-electron chi connectivity index (χ1n) is 6.41. The number of hydrogen-bond donors (Lipinski definition) is 1. The molecule has 1 aromatic carbocycles. The number of carbonyl (C=O) groups excluding carboxylic acids is 2. The molecule has 0 saturated carbocycles. The third kappa shape index (κ3) is 3.14. The molecule has 2 aromatic rings. The van der Waals surface area contributed by atoms with Crippen molar-refractivity contribution in [2.45, 2.75) is 13.8 Å². The number of nitro benzene ring substituents is 1. The van der Waals surface area contributed by atoms with E-state index in [4.69, 9.17) is 0 Å². The van der Waals surface area contributed by atoms with Crippen LogP contribution in [0.15, 0.2) is 36.7 Å². The Bertz CT molecular complexity index is 771. The van der Waals surface area contributed by atoms with Gasteiger partial charge in [-0.05, 0) is 32.0 Å². The van der Waals surface area contributed by atoms with E-state index >= 15 is 0 Å². The van der Waals surface area contributed by atoms with Crippen molar-refractivity contribution in [1.82, 2.24) is 4.98 Å². The molecule has 112 valence electrons. The van der Waals surface area contributed by atoms with Crippen LogP contribution in [0.5, 0.6) is 0 Å². The average Bonchev–Trinajstić information content (AvgIpc) is 2.47. The van der Waals surface area contributed by atoms with Crippen LogP contribution in [-0.4, -0.2) is 21.6 Å². The molecular formula is C15H13N3O4. The molecule has 1 heterocycles. The van der Waals surface area contributed by atoms with Gasteiger partial charge in [-0.1, -0.05) is 0 Å². The summed E-state index contributed by atoms with van der Waals surface area (Å²) < 4.78 is 0. The first-order valence-corrected chi connectivity index (χ1v) is 6.41. The molecule has 1 amide bonds. The highest BCUT2D eigenvalue weighted by Crippen LogP contribution is 2.20. The van der Waals surface area contributed by atoms with Crippen molar-refractivity contribution in [3.05, 3.63) is 63.5 Å². The number of ketones is 1. The number of aryl methyl sites for hydroxylation is 1. The van der Waals surface area contributed by atoms with Crippen LogP contribution in [0.1, 0.15) is 33.2 Å². The molecule has 0 saturated heterocycles. The first-order chi connectivity index (χ1) is 10.4. The topological polar surface area (TPSA) is 102 Å². The summed E-state index contributed by atoms with van der Waals surface area (Å²) in [4.78, 5) is 37.8. The first kappa shape index (κ1) is 15.3. The molecule has 2 rings (SSSR count). The SMILES string of the molecule is CC(=O)c1cnccc1NC(=O)c1ccc([N+](=O)[O-])c(C)c1. The number of benzene rings is 1. The van der Waals surface area contributed by atoms with Gasteiger partial charge in [-0.3, -0.25) is 24.7 Å². The van der Waals surface area contributed by atoms with Crippen molar-refractivity contribution in [2.24, 2.45) is 0 Å². The smallest absolute Gasteiger partial charge is 0.272 e. The Balaban J connectivity index is 2.29. The summed E-state index contributed by atoms with van der Waals surface area (Å²) in [7, 11) is 0. The lowest BCUT2D eigenvalue weighted by Crippen LogP contribution is -2.14. The van der Waals surface area contributed by atoms with Gasteiger partial charge in [0.1, 0.15) is 0 Å². The van der Waals surface area contributed by atoms with E-state index in [0.717, 1.165) is 0 Å². The minimum Gasteiger partial charge on any atom is -0.321 e. The number of amides is 1. The fourth-order valence-corrected chi connectivity index (χ4v) is 1.98. The summed E-state index contributed by atoms with van der Waals surface area (Å²) in [5, 5.41) is 13.4. The van der Waals surface area contributed by atoms with Crippen molar-refractivity contribution in [3.8, 4) is 0 Å². The fraction of sp³-hybridized carbons (Fsp3) is 0.133. The molecule has 0 aliphatic carbocycles. The van der Waals surface area contributed by atoms with Gasteiger partial charge in [-0.25, -0.2) is 0 Å². The van der Waals surface area contributed by atoms with Crippen LogP contribution in [0.25, 0.3) is 0 Å². The van der Waals surface area contributed by atoms with E-state index in [1.165, 1.54) is 43.6 Å². The minimum atomic E-state index is -0.506. The monoisotopic (exact) mass is 299 g/mol. The number of rotatable bonds is 4. The second-order valence-corrected chi connectivity index (χ2v) is 4.69. The predicted octanol–water partition coefficient (Wildman–Crippen LogP) is 2.75. The van der Waals surface area contributed by atoms with Crippen LogP contribution in [0.4, 0.5) is 11.4 Å². The number of nitro groups is 1. The Morgan fingerprint density at radius 3 is 2.59 bits per heavy atom. The fourth-order valence-electron chi connectivity index (χ4n) is 1.98. The molecule has 0 atom stereocenters. The normalized spacial score (nSPS) is 10.1. The van der Waals surface area contributed by atoms with E-state index in [2.05, 4.69) is 10.3 Å². The molecule has 0 aliphatic heterocycles. The summed E-state index contributed by atoms with van der Waals surface area (Å²) in [6.07, 6.45) is 2.84. The number of anilines is 1. The van der Waals surface area contributed by atoms with Crippen molar-refractivity contribution in [3.63, 3.8) is 0 Å². The van der Waals surface area contributed by atoms with E-state index in [1.54, 1.807) is 6.92 Å².